The molecule has 0 saturated carbocycles. The van der Waals surface area contributed by atoms with Gasteiger partial charge in [-0.3, -0.25) is 0 Å². The van der Waals surface area contributed by atoms with Crippen LogP contribution in [0, 0.1) is 11.3 Å². The van der Waals surface area contributed by atoms with Gasteiger partial charge in [0, 0.05) is 12.6 Å². The maximum absolute atomic E-state index is 8.75. The van der Waals surface area contributed by atoms with Gasteiger partial charge in [0.05, 0.1) is 18.7 Å². The molecule has 4 nitrogen and oxygen atoms in total. The van der Waals surface area contributed by atoms with Crippen LogP contribution in [0.4, 0.5) is 0 Å². The molecule has 0 amide bonds. The van der Waals surface area contributed by atoms with Gasteiger partial charge in [-0.2, -0.15) is 5.26 Å². The highest BCUT2D eigenvalue weighted by Gasteiger charge is 2.08. The number of nitrogens with two attached hydrogens (primary N) is 1. The van der Waals surface area contributed by atoms with Crippen LogP contribution in [-0.2, 0) is 0 Å². The van der Waals surface area contributed by atoms with Crippen LogP contribution in [-0.4, -0.2) is 19.8 Å². The summed E-state index contributed by atoms with van der Waals surface area (Å²) < 4.78 is 10.6. The van der Waals surface area contributed by atoms with Gasteiger partial charge >= 0.3 is 0 Å². The van der Waals surface area contributed by atoms with E-state index in [9.17, 15) is 0 Å². The molecule has 0 aliphatic heterocycles. The fourth-order valence-electron chi connectivity index (χ4n) is 1.10. The highest BCUT2D eigenvalue weighted by molar-refractivity contribution is 5.46. The van der Waals surface area contributed by atoms with Gasteiger partial charge in [0.1, 0.15) is 6.10 Å². The second kappa shape index (κ2) is 5.23. The monoisotopic (exact) mass is 206 g/mol. The van der Waals surface area contributed by atoms with Gasteiger partial charge in [-0.05, 0) is 19.1 Å². The zero-order valence-electron chi connectivity index (χ0n) is 8.86. The normalized spacial score (nSPS) is 11.6. The number of hydrogen-bond donors (Lipinski definition) is 1. The van der Waals surface area contributed by atoms with Crippen LogP contribution in [0.15, 0.2) is 18.2 Å². The fraction of sp³-hybridized carbons (Fsp3) is 0.364. The Labute approximate surface area is 89.2 Å². The average Bonchev–Trinajstić information content (AvgIpc) is 2.28. The van der Waals surface area contributed by atoms with Crippen molar-refractivity contribution in [2.24, 2.45) is 5.73 Å². The van der Waals surface area contributed by atoms with Crippen LogP contribution in [0.5, 0.6) is 11.5 Å². The first-order valence-electron chi connectivity index (χ1n) is 4.66. The van der Waals surface area contributed by atoms with Crippen molar-refractivity contribution in [1.29, 1.82) is 5.26 Å². The molecule has 0 aliphatic carbocycles. The summed E-state index contributed by atoms with van der Waals surface area (Å²) in [5.74, 6) is 1.16. The van der Waals surface area contributed by atoms with Gasteiger partial charge in [-0.1, -0.05) is 0 Å². The van der Waals surface area contributed by atoms with Gasteiger partial charge in [-0.25, -0.2) is 0 Å². The Bertz CT molecular complexity index is 371. The van der Waals surface area contributed by atoms with Crippen molar-refractivity contribution in [3.05, 3.63) is 23.8 Å². The van der Waals surface area contributed by atoms with Crippen LogP contribution in [0.25, 0.3) is 0 Å². The summed E-state index contributed by atoms with van der Waals surface area (Å²) in [4.78, 5) is 0. The number of nitrogens with zero attached hydrogens (tertiary/aromatic N) is 1. The maximum atomic E-state index is 8.75. The second-order valence-electron chi connectivity index (χ2n) is 3.14. The molecule has 1 atom stereocenters. The van der Waals surface area contributed by atoms with E-state index < -0.39 is 0 Å². The van der Waals surface area contributed by atoms with E-state index >= 15 is 0 Å². The largest absolute Gasteiger partial charge is 0.493 e. The molecule has 1 unspecified atom stereocenters. The summed E-state index contributed by atoms with van der Waals surface area (Å²) in [6.07, 6.45) is -0.104. The molecule has 4 heteroatoms. The Morgan fingerprint density at radius 1 is 1.47 bits per heavy atom. The van der Waals surface area contributed by atoms with Crippen molar-refractivity contribution < 1.29 is 9.47 Å². The summed E-state index contributed by atoms with van der Waals surface area (Å²) in [6, 6.07) is 7.07. The lowest BCUT2D eigenvalue weighted by Crippen LogP contribution is -2.23. The SMILES string of the molecule is COc1ccc(C#N)cc1OC(C)CN. The van der Waals surface area contributed by atoms with Crippen LogP contribution < -0.4 is 15.2 Å². The Morgan fingerprint density at radius 3 is 2.73 bits per heavy atom. The molecule has 1 rings (SSSR count). The summed E-state index contributed by atoms with van der Waals surface area (Å²) in [6.45, 7) is 2.28. The molecule has 80 valence electrons. The minimum absolute atomic E-state index is 0.104. The molecule has 0 spiro atoms. The van der Waals surface area contributed by atoms with Crippen LogP contribution in [0.1, 0.15) is 12.5 Å². The number of nitriles is 1. The first-order chi connectivity index (χ1) is 7.21. The van der Waals surface area contributed by atoms with Crippen molar-refractivity contribution in [2.75, 3.05) is 13.7 Å². The number of hydrogen-bond acceptors (Lipinski definition) is 4. The first kappa shape index (κ1) is 11.3. The molecule has 0 fully saturated rings. The Balaban J connectivity index is 2.97. The maximum Gasteiger partial charge on any atom is 0.162 e. The van der Waals surface area contributed by atoms with E-state index in [0.29, 0.717) is 23.6 Å². The van der Waals surface area contributed by atoms with Gasteiger partial charge in [0.15, 0.2) is 11.5 Å². The van der Waals surface area contributed by atoms with Crippen LogP contribution >= 0.6 is 0 Å². The van der Waals surface area contributed by atoms with Crippen molar-refractivity contribution in [3.63, 3.8) is 0 Å². The third kappa shape index (κ3) is 2.86. The minimum Gasteiger partial charge on any atom is -0.493 e. The lowest BCUT2D eigenvalue weighted by Gasteiger charge is -2.15. The molecule has 0 aliphatic rings. The molecule has 2 N–H and O–H groups in total. The van der Waals surface area contributed by atoms with Crippen molar-refractivity contribution in [1.82, 2.24) is 0 Å². The number of methoxy groups -OCH3 is 1. The summed E-state index contributed by atoms with van der Waals surface area (Å²) in [5, 5.41) is 8.75. The number of ether oxygens (including phenoxy) is 2. The van der Waals surface area contributed by atoms with E-state index in [-0.39, 0.29) is 6.10 Å². The molecule has 15 heavy (non-hydrogen) atoms. The lowest BCUT2D eigenvalue weighted by molar-refractivity contribution is 0.219. The summed E-state index contributed by atoms with van der Waals surface area (Å²) in [7, 11) is 1.56. The summed E-state index contributed by atoms with van der Waals surface area (Å²) >= 11 is 0. The zero-order valence-corrected chi connectivity index (χ0v) is 8.86. The molecule has 0 saturated heterocycles. The molecule has 0 aromatic heterocycles. The van der Waals surface area contributed by atoms with E-state index in [2.05, 4.69) is 0 Å². The zero-order chi connectivity index (χ0) is 11.3. The molecule has 0 radical (unpaired) electrons. The third-order valence-electron chi connectivity index (χ3n) is 1.95. The lowest BCUT2D eigenvalue weighted by atomic mass is 10.2. The fourth-order valence-corrected chi connectivity index (χ4v) is 1.10. The van der Waals surface area contributed by atoms with Crippen LogP contribution in [0.3, 0.4) is 0 Å². The Kier molecular flexibility index (Phi) is 3.95. The predicted octanol–water partition coefficient (Wildman–Crippen LogP) is 1.29. The van der Waals surface area contributed by atoms with Crippen molar-refractivity contribution in [2.45, 2.75) is 13.0 Å². The highest BCUT2D eigenvalue weighted by Crippen LogP contribution is 2.28. The van der Waals surface area contributed by atoms with E-state index in [1.54, 1.807) is 25.3 Å². The van der Waals surface area contributed by atoms with Crippen LogP contribution in [0.2, 0.25) is 0 Å². The Morgan fingerprint density at radius 2 is 2.20 bits per heavy atom. The van der Waals surface area contributed by atoms with E-state index in [0.717, 1.165) is 0 Å². The molecule has 1 aromatic carbocycles. The van der Waals surface area contributed by atoms with Gasteiger partial charge in [-0.15, -0.1) is 0 Å². The molecule has 0 heterocycles. The molecular formula is C11H14N2O2. The van der Waals surface area contributed by atoms with E-state index in [4.69, 9.17) is 20.5 Å². The molecule has 1 aromatic rings. The topological polar surface area (TPSA) is 68.3 Å². The van der Waals surface area contributed by atoms with Crippen molar-refractivity contribution in [3.8, 4) is 17.6 Å². The minimum atomic E-state index is -0.104. The predicted molar refractivity (Wildman–Crippen MR) is 56.9 cm³/mol. The molecule has 0 bridgehead atoms. The number of benzene rings is 1. The van der Waals surface area contributed by atoms with E-state index in [1.165, 1.54) is 0 Å². The third-order valence-corrected chi connectivity index (χ3v) is 1.95. The summed E-state index contributed by atoms with van der Waals surface area (Å²) in [5.41, 5.74) is 5.99. The Hall–Kier alpha value is -1.73. The molecular weight excluding hydrogens is 192 g/mol. The second-order valence-corrected chi connectivity index (χ2v) is 3.14. The first-order valence-corrected chi connectivity index (χ1v) is 4.66. The van der Waals surface area contributed by atoms with Crippen molar-refractivity contribution >= 4 is 0 Å². The van der Waals surface area contributed by atoms with Gasteiger partial charge in [0.2, 0.25) is 0 Å². The number of rotatable bonds is 4. The average molecular weight is 206 g/mol. The van der Waals surface area contributed by atoms with Gasteiger partial charge in [0.25, 0.3) is 0 Å². The van der Waals surface area contributed by atoms with E-state index in [1.807, 2.05) is 13.0 Å². The quantitative estimate of drug-likeness (QED) is 0.806. The van der Waals surface area contributed by atoms with Gasteiger partial charge < -0.3 is 15.2 Å². The highest BCUT2D eigenvalue weighted by atomic mass is 16.5. The standard InChI is InChI=1S/C11H14N2O2/c1-8(6-12)15-11-5-9(7-13)3-4-10(11)14-2/h3-5,8H,6,12H2,1-2H3. The smallest absolute Gasteiger partial charge is 0.162 e.